The Labute approximate surface area is 136 Å². The van der Waals surface area contributed by atoms with Crippen LogP contribution in [-0.4, -0.2) is 37.1 Å². The van der Waals surface area contributed by atoms with E-state index in [1.807, 2.05) is 0 Å². The van der Waals surface area contributed by atoms with Crippen LogP contribution < -0.4 is 5.73 Å². The van der Waals surface area contributed by atoms with Gasteiger partial charge in [-0.3, -0.25) is 0 Å². The van der Waals surface area contributed by atoms with Crippen LogP contribution in [0.1, 0.15) is 32.1 Å². The lowest BCUT2D eigenvalue weighted by Crippen LogP contribution is -2.46. The fourth-order valence-corrected chi connectivity index (χ4v) is 4.82. The lowest BCUT2D eigenvalue weighted by Gasteiger charge is -2.36. The zero-order chi connectivity index (χ0) is 16.1. The van der Waals surface area contributed by atoms with Gasteiger partial charge in [0.25, 0.3) is 0 Å². The highest BCUT2D eigenvalue weighted by atomic mass is 32.2. The second-order valence-corrected chi connectivity index (χ2v) is 8.72. The molecule has 0 unspecified atom stereocenters. The number of anilines is 1. The Kier molecular flexibility index (Phi) is 3.39. The van der Waals surface area contributed by atoms with Crippen molar-refractivity contribution >= 4 is 21.4 Å². The van der Waals surface area contributed by atoms with Crippen molar-refractivity contribution in [2.45, 2.75) is 42.6 Å². The number of nitrogen functional groups attached to an aromatic ring is 1. The number of rotatable bonds is 3. The molecule has 2 aliphatic heterocycles. The predicted octanol–water partition coefficient (Wildman–Crippen LogP) is 1.98. The Morgan fingerprint density at radius 2 is 1.83 bits per heavy atom. The average Bonchev–Trinajstić information content (AvgIpc) is 3.31. The van der Waals surface area contributed by atoms with Gasteiger partial charge in [0.2, 0.25) is 10.0 Å². The maximum atomic E-state index is 12.7. The van der Waals surface area contributed by atoms with Gasteiger partial charge in [-0.05, 0) is 37.1 Å². The van der Waals surface area contributed by atoms with Crippen LogP contribution in [0.15, 0.2) is 34.3 Å². The number of nitrogens with zero attached hydrogens (tertiary/aromatic N) is 2. The fraction of sp³-hybridized carbons (Fsp3) is 0.562. The Balaban J connectivity index is 1.44. The highest BCUT2D eigenvalue weighted by Gasteiger charge is 2.47. The van der Waals surface area contributed by atoms with Gasteiger partial charge >= 0.3 is 0 Å². The minimum atomic E-state index is -3.46. The van der Waals surface area contributed by atoms with Crippen LogP contribution in [0.5, 0.6) is 0 Å². The number of oxime groups is 1. The maximum absolute atomic E-state index is 12.7. The molecular formula is C16H21N3O3S. The molecule has 23 heavy (non-hydrogen) atoms. The average molecular weight is 335 g/mol. The summed E-state index contributed by atoms with van der Waals surface area (Å²) in [5.41, 5.74) is 7.10. The first-order valence-corrected chi connectivity index (χ1v) is 9.53. The molecule has 1 aromatic rings. The third kappa shape index (κ3) is 2.72. The number of hydrogen-bond donors (Lipinski definition) is 1. The van der Waals surface area contributed by atoms with Gasteiger partial charge in [-0.2, -0.15) is 4.31 Å². The highest BCUT2D eigenvalue weighted by molar-refractivity contribution is 7.89. The number of hydrogen-bond acceptors (Lipinski definition) is 5. The van der Waals surface area contributed by atoms with Crippen LogP contribution >= 0.6 is 0 Å². The summed E-state index contributed by atoms with van der Waals surface area (Å²) in [4.78, 5) is 6.02. The lowest BCUT2D eigenvalue weighted by atomic mass is 9.87. The van der Waals surface area contributed by atoms with E-state index in [9.17, 15) is 8.42 Å². The van der Waals surface area contributed by atoms with Crippen LogP contribution in [-0.2, 0) is 14.9 Å². The summed E-state index contributed by atoms with van der Waals surface area (Å²) in [6.45, 7) is 0.945. The normalized spacial score (nSPS) is 24.4. The molecule has 1 saturated heterocycles. The van der Waals surface area contributed by atoms with Gasteiger partial charge in [0.05, 0.1) is 10.6 Å². The van der Waals surface area contributed by atoms with Gasteiger partial charge in [0.15, 0.2) is 0 Å². The molecule has 2 N–H and O–H groups in total. The van der Waals surface area contributed by atoms with Gasteiger partial charge in [-0.15, -0.1) is 0 Å². The molecule has 1 saturated carbocycles. The summed E-state index contributed by atoms with van der Waals surface area (Å²) in [5.74, 6) is 0.617. The second-order valence-electron chi connectivity index (χ2n) is 6.78. The summed E-state index contributed by atoms with van der Waals surface area (Å²) < 4.78 is 26.9. The standard InChI is InChI=1S/C16H21N3O3S/c17-13-3-5-14(6-4-13)23(20,21)19-9-7-16(8-10-19)11-15(18-22-16)12-1-2-12/h3-6,12H,1-2,7-11,17H2. The molecule has 0 amide bonds. The van der Waals surface area contributed by atoms with E-state index < -0.39 is 10.0 Å². The Morgan fingerprint density at radius 1 is 1.17 bits per heavy atom. The molecule has 124 valence electrons. The van der Waals surface area contributed by atoms with Crippen LogP contribution in [0.2, 0.25) is 0 Å². The molecule has 0 atom stereocenters. The summed E-state index contributed by atoms with van der Waals surface area (Å²) >= 11 is 0. The summed E-state index contributed by atoms with van der Waals surface area (Å²) in [6.07, 6.45) is 4.70. The molecule has 7 heteroatoms. The Hall–Kier alpha value is -1.60. The topological polar surface area (TPSA) is 85.0 Å². The van der Waals surface area contributed by atoms with E-state index in [1.54, 1.807) is 28.6 Å². The lowest BCUT2D eigenvalue weighted by molar-refractivity contribution is -0.0506. The molecule has 4 rings (SSSR count). The van der Waals surface area contributed by atoms with E-state index in [2.05, 4.69) is 5.16 Å². The van der Waals surface area contributed by atoms with Crippen LogP contribution in [0.3, 0.4) is 0 Å². The Bertz CT molecular complexity index is 730. The molecular weight excluding hydrogens is 314 g/mol. The molecule has 0 radical (unpaired) electrons. The first kappa shape index (κ1) is 15.0. The van der Waals surface area contributed by atoms with Crippen LogP contribution in [0.4, 0.5) is 5.69 Å². The number of piperidine rings is 1. The molecule has 1 aliphatic carbocycles. The summed E-state index contributed by atoms with van der Waals surface area (Å²) in [7, 11) is -3.46. The van der Waals surface area contributed by atoms with E-state index >= 15 is 0 Å². The molecule has 0 bridgehead atoms. The summed E-state index contributed by atoms with van der Waals surface area (Å²) in [5, 5.41) is 4.26. The molecule has 0 aromatic heterocycles. The number of sulfonamides is 1. The van der Waals surface area contributed by atoms with Crippen molar-refractivity contribution < 1.29 is 13.3 Å². The maximum Gasteiger partial charge on any atom is 0.243 e. The molecule has 2 fully saturated rings. The molecule has 1 spiro atoms. The molecule has 3 aliphatic rings. The molecule has 6 nitrogen and oxygen atoms in total. The van der Waals surface area contributed by atoms with Gasteiger partial charge in [-0.1, -0.05) is 5.16 Å². The minimum absolute atomic E-state index is 0.273. The van der Waals surface area contributed by atoms with Crippen molar-refractivity contribution in [3.05, 3.63) is 24.3 Å². The monoisotopic (exact) mass is 335 g/mol. The van der Waals surface area contributed by atoms with E-state index in [-0.39, 0.29) is 5.60 Å². The molecule has 2 heterocycles. The van der Waals surface area contributed by atoms with Crippen molar-refractivity contribution in [2.24, 2.45) is 11.1 Å². The first-order valence-electron chi connectivity index (χ1n) is 8.09. The van der Waals surface area contributed by atoms with Crippen molar-refractivity contribution in [1.82, 2.24) is 4.31 Å². The first-order chi connectivity index (χ1) is 11.0. The quantitative estimate of drug-likeness (QED) is 0.856. The zero-order valence-electron chi connectivity index (χ0n) is 12.9. The van der Waals surface area contributed by atoms with Crippen molar-refractivity contribution in [2.75, 3.05) is 18.8 Å². The van der Waals surface area contributed by atoms with Crippen molar-refractivity contribution in [1.29, 1.82) is 0 Å². The van der Waals surface area contributed by atoms with E-state index in [4.69, 9.17) is 10.6 Å². The van der Waals surface area contributed by atoms with Crippen LogP contribution in [0, 0.1) is 5.92 Å². The third-order valence-electron chi connectivity index (χ3n) is 5.06. The predicted molar refractivity (Wildman–Crippen MR) is 87.4 cm³/mol. The molecule has 1 aromatic carbocycles. The van der Waals surface area contributed by atoms with Crippen molar-refractivity contribution in [3.63, 3.8) is 0 Å². The Morgan fingerprint density at radius 3 is 2.43 bits per heavy atom. The van der Waals surface area contributed by atoms with E-state index in [1.165, 1.54) is 18.6 Å². The number of nitrogens with two attached hydrogens (primary N) is 1. The zero-order valence-corrected chi connectivity index (χ0v) is 13.8. The smallest absolute Gasteiger partial charge is 0.243 e. The largest absolute Gasteiger partial charge is 0.399 e. The van der Waals surface area contributed by atoms with Gasteiger partial charge in [0.1, 0.15) is 5.60 Å². The number of benzene rings is 1. The fourth-order valence-electron chi connectivity index (χ4n) is 3.38. The van der Waals surface area contributed by atoms with Gasteiger partial charge in [-0.25, -0.2) is 8.42 Å². The van der Waals surface area contributed by atoms with Gasteiger partial charge in [0, 0.05) is 44.0 Å². The SMILES string of the molecule is Nc1ccc(S(=O)(=O)N2CCC3(CC2)CC(C2CC2)=NO3)cc1. The van der Waals surface area contributed by atoms with Gasteiger partial charge < -0.3 is 10.6 Å². The third-order valence-corrected chi connectivity index (χ3v) is 6.97. The van der Waals surface area contributed by atoms with E-state index in [0.29, 0.717) is 42.4 Å². The highest BCUT2D eigenvalue weighted by Crippen LogP contribution is 2.42. The summed E-state index contributed by atoms with van der Waals surface area (Å²) in [6, 6.07) is 6.37. The van der Waals surface area contributed by atoms with Crippen LogP contribution in [0.25, 0.3) is 0 Å². The van der Waals surface area contributed by atoms with E-state index in [0.717, 1.165) is 6.42 Å². The minimum Gasteiger partial charge on any atom is -0.399 e. The second kappa shape index (κ2) is 5.21. The van der Waals surface area contributed by atoms with Crippen molar-refractivity contribution in [3.8, 4) is 0 Å².